The van der Waals surface area contributed by atoms with Gasteiger partial charge in [0.25, 0.3) is 5.91 Å². The Labute approximate surface area is 171 Å². The Hall–Kier alpha value is -3.59. The van der Waals surface area contributed by atoms with Crippen LogP contribution in [-0.2, 0) is 26.3 Å². The van der Waals surface area contributed by atoms with E-state index in [0.717, 1.165) is 6.07 Å². The summed E-state index contributed by atoms with van der Waals surface area (Å²) in [5.41, 5.74) is 4.27. The van der Waals surface area contributed by atoms with E-state index in [1.165, 1.54) is 4.90 Å². The van der Waals surface area contributed by atoms with Gasteiger partial charge in [-0.05, 0) is 19.9 Å². The van der Waals surface area contributed by atoms with Gasteiger partial charge >= 0.3 is 5.97 Å². The molecule has 0 fully saturated rings. The Morgan fingerprint density at radius 1 is 1.27 bits per heavy atom. The molecule has 1 unspecified atom stereocenters. The van der Waals surface area contributed by atoms with E-state index >= 15 is 0 Å². The van der Waals surface area contributed by atoms with E-state index in [9.17, 15) is 19.5 Å². The molecule has 2 aliphatic heterocycles. The average Bonchev–Trinajstić information content (AvgIpc) is 2.97. The predicted molar refractivity (Wildman–Crippen MR) is 105 cm³/mol. The summed E-state index contributed by atoms with van der Waals surface area (Å²) in [7, 11) is 0. The van der Waals surface area contributed by atoms with Gasteiger partial charge in [-0.3, -0.25) is 9.59 Å². The van der Waals surface area contributed by atoms with Gasteiger partial charge in [0.1, 0.15) is 17.9 Å². The number of para-hydroxylation sites is 1. The number of benzene rings is 1. The number of aliphatic hydroxyl groups is 1. The van der Waals surface area contributed by atoms with Crippen LogP contribution in [0.2, 0.25) is 0 Å². The summed E-state index contributed by atoms with van der Waals surface area (Å²) >= 11 is 0. The second-order valence-corrected chi connectivity index (χ2v) is 6.77. The molecule has 9 heteroatoms. The molecule has 4 rings (SSSR count). The van der Waals surface area contributed by atoms with E-state index in [4.69, 9.17) is 19.6 Å². The Balaban J connectivity index is 2.17. The molecule has 9 nitrogen and oxygen atoms in total. The molecule has 3 N–H and O–H groups in total. The van der Waals surface area contributed by atoms with Gasteiger partial charge < -0.3 is 29.6 Å². The van der Waals surface area contributed by atoms with Gasteiger partial charge in [0.15, 0.2) is 11.2 Å². The molecule has 156 valence electrons. The van der Waals surface area contributed by atoms with Gasteiger partial charge in [0.2, 0.25) is 17.1 Å². The third-order valence-electron chi connectivity index (χ3n) is 5.25. The van der Waals surface area contributed by atoms with Crippen molar-refractivity contribution in [1.82, 2.24) is 0 Å². The fourth-order valence-electron chi connectivity index (χ4n) is 4.10. The number of fused-ring (bicyclic) bond motifs is 4. The van der Waals surface area contributed by atoms with Crippen LogP contribution in [0.1, 0.15) is 30.9 Å². The lowest BCUT2D eigenvalue weighted by Gasteiger charge is -2.34. The van der Waals surface area contributed by atoms with Crippen LogP contribution in [0, 0.1) is 0 Å². The SMILES string of the molecule is CCOC(=O)C1=C(N)Oc2c(oc(CO)cc2=O)C12C(=O)N(CC)c1ccccc12. The van der Waals surface area contributed by atoms with Crippen LogP contribution in [0.25, 0.3) is 0 Å². The highest BCUT2D eigenvalue weighted by Gasteiger charge is 2.63. The summed E-state index contributed by atoms with van der Waals surface area (Å²) < 4.78 is 16.4. The molecule has 1 aromatic heterocycles. The van der Waals surface area contributed by atoms with Gasteiger partial charge in [-0.1, -0.05) is 18.2 Å². The van der Waals surface area contributed by atoms with E-state index in [-0.39, 0.29) is 29.4 Å². The molecule has 2 aromatic rings. The van der Waals surface area contributed by atoms with Crippen LogP contribution in [0.4, 0.5) is 5.69 Å². The highest BCUT2D eigenvalue weighted by Crippen LogP contribution is 2.54. The Morgan fingerprint density at radius 2 is 2.00 bits per heavy atom. The minimum Gasteiger partial charge on any atom is -0.462 e. The molecule has 1 atom stereocenters. The van der Waals surface area contributed by atoms with Crippen molar-refractivity contribution < 1.29 is 28.6 Å². The van der Waals surface area contributed by atoms with Crippen LogP contribution in [0.5, 0.6) is 5.75 Å². The minimum absolute atomic E-state index is 0.0342. The molecular weight excluding hydrogens is 392 g/mol. The van der Waals surface area contributed by atoms with Gasteiger partial charge in [-0.25, -0.2) is 4.79 Å². The number of ether oxygens (including phenoxy) is 2. The maximum absolute atomic E-state index is 13.9. The number of rotatable bonds is 4. The fourth-order valence-corrected chi connectivity index (χ4v) is 4.10. The maximum atomic E-state index is 13.9. The van der Waals surface area contributed by atoms with Crippen LogP contribution in [-0.4, -0.2) is 30.1 Å². The summed E-state index contributed by atoms with van der Waals surface area (Å²) in [6.07, 6.45) is 0. The minimum atomic E-state index is -1.87. The summed E-state index contributed by atoms with van der Waals surface area (Å²) in [6.45, 7) is 3.15. The summed E-state index contributed by atoms with van der Waals surface area (Å²) in [4.78, 5) is 41.0. The topological polar surface area (TPSA) is 132 Å². The zero-order chi connectivity index (χ0) is 21.6. The van der Waals surface area contributed by atoms with E-state index in [1.807, 2.05) is 0 Å². The van der Waals surface area contributed by atoms with Crippen LogP contribution < -0.4 is 20.8 Å². The zero-order valence-electron chi connectivity index (χ0n) is 16.4. The van der Waals surface area contributed by atoms with E-state index < -0.39 is 35.2 Å². The van der Waals surface area contributed by atoms with Gasteiger partial charge in [-0.2, -0.15) is 0 Å². The number of anilines is 1. The second-order valence-electron chi connectivity index (χ2n) is 6.77. The second kappa shape index (κ2) is 7.03. The number of aliphatic hydroxyl groups excluding tert-OH is 1. The molecule has 1 aromatic carbocycles. The first-order chi connectivity index (χ1) is 14.4. The van der Waals surface area contributed by atoms with Gasteiger partial charge in [0.05, 0.1) is 6.61 Å². The lowest BCUT2D eigenvalue weighted by Crippen LogP contribution is -2.49. The molecule has 0 saturated heterocycles. The van der Waals surface area contributed by atoms with Crippen LogP contribution >= 0.6 is 0 Å². The van der Waals surface area contributed by atoms with Crippen molar-refractivity contribution >= 4 is 17.6 Å². The van der Waals surface area contributed by atoms with Crippen molar-refractivity contribution in [3.63, 3.8) is 0 Å². The standard InChI is InChI=1S/C21H20N2O7/c1-3-23-13-8-6-5-7-12(13)21(20(23)27)15(19(26)28-4-2)18(22)30-16-14(25)9-11(10-24)29-17(16)21/h5-9,24H,3-4,10,22H2,1-2H3. The maximum Gasteiger partial charge on any atom is 0.341 e. The first kappa shape index (κ1) is 19.7. The van der Waals surface area contributed by atoms with Gasteiger partial charge in [-0.15, -0.1) is 0 Å². The molecule has 0 aliphatic carbocycles. The largest absolute Gasteiger partial charge is 0.462 e. The van der Waals surface area contributed by atoms with Crippen molar-refractivity contribution in [1.29, 1.82) is 0 Å². The number of carbonyl (C=O) groups is 2. The first-order valence-corrected chi connectivity index (χ1v) is 9.46. The molecule has 1 amide bonds. The van der Waals surface area contributed by atoms with E-state index in [0.29, 0.717) is 17.8 Å². The molecule has 1 spiro atoms. The van der Waals surface area contributed by atoms with E-state index in [2.05, 4.69) is 0 Å². The molecule has 0 saturated carbocycles. The van der Waals surface area contributed by atoms with Crippen molar-refractivity contribution in [2.24, 2.45) is 5.73 Å². The zero-order valence-corrected chi connectivity index (χ0v) is 16.4. The average molecular weight is 412 g/mol. The first-order valence-electron chi connectivity index (χ1n) is 9.46. The Morgan fingerprint density at radius 3 is 2.67 bits per heavy atom. The van der Waals surface area contributed by atoms with Crippen molar-refractivity contribution in [2.75, 3.05) is 18.1 Å². The molecule has 30 heavy (non-hydrogen) atoms. The number of nitrogens with zero attached hydrogens (tertiary/aromatic N) is 1. The van der Waals surface area contributed by atoms with Gasteiger partial charge in [0, 0.05) is 23.9 Å². The monoisotopic (exact) mass is 412 g/mol. The highest BCUT2D eigenvalue weighted by molar-refractivity contribution is 6.18. The normalized spacial score (nSPS) is 19.6. The van der Waals surface area contributed by atoms with E-state index in [1.54, 1.807) is 38.1 Å². The number of amides is 1. The third-order valence-corrected chi connectivity index (χ3v) is 5.25. The lowest BCUT2D eigenvalue weighted by molar-refractivity contribution is -0.141. The fraction of sp³-hybridized carbons (Fsp3) is 0.286. The molecule has 2 aliphatic rings. The van der Waals surface area contributed by atoms with Crippen LogP contribution in [0.15, 0.2) is 51.0 Å². The summed E-state index contributed by atoms with van der Waals surface area (Å²) in [6, 6.07) is 7.91. The number of nitrogens with two attached hydrogens (primary N) is 1. The molecular formula is C21H20N2O7. The number of carbonyl (C=O) groups excluding carboxylic acids is 2. The third kappa shape index (κ3) is 2.42. The predicted octanol–water partition coefficient (Wildman–Crippen LogP) is 0.911. The quantitative estimate of drug-likeness (QED) is 0.708. The number of esters is 1. The molecule has 0 bridgehead atoms. The van der Waals surface area contributed by atoms with Crippen LogP contribution in [0.3, 0.4) is 0 Å². The lowest BCUT2D eigenvalue weighted by atomic mass is 9.71. The molecule has 0 radical (unpaired) electrons. The number of hydrogen-bond acceptors (Lipinski definition) is 8. The number of likely N-dealkylation sites (N-methyl/N-ethyl adjacent to an activating group) is 1. The Bertz CT molecular complexity index is 1150. The van der Waals surface area contributed by atoms with Crippen molar-refractivity contribution in [3.8, 4) is 5.75 Å². The highest BCUT2D eigenvalue weighted by atomic mass is 16.5. The smallest absolute Gasteiger partial charge is 0.341 e. The van der Waals surface area contributed by atoms with Crippen molar-refractivity contribution in [2.45, 2.75) is 25.9 Å². The molecule has 3 heterocycles. The number of hydrogen-bond donors (Lipinski definition) is 2. The van der Waals surface area contributed by atoms with Crippen molar-refractivity contribution in [3.05, 3.63) is 69.1 Å². The summed E-state index contributed by atoms with van der Waals surface area (Å²) in [5.74, 6) is -2.39. The summed E-state index contributed by atoms with van der Waals surface area (Å²) in [5, 5.41) is 9.57. The Kier molecular flexibility index (Phi) is 4.62.